The zero-order valence-corrected chi connectivity index (χ0v) is 35.7. The monoisotopic (exact) mass is 847 g/mol. The molecule has 3 fully saturated rings. The first-order valence-electron chi connectivity index (χ1n) is 20.9. The number of Topliss-reactive ketones (excluding diaryl/α,β-unsaturated/α-hetero) is 1. The molecule has 6 rings (SSSR count). The van der Waals surface area contributed by atoms with E-state index in [1.54, 1.807) is 62.4 Å². The number of hydrogen-bond donors (Lipinski definition) is 4. The Morgan fingerprint density at radius 1 is 0.918 bits per heavy atom. The molecule has 61 heavy (non-hydrogen) atoms. The van der Waals surface area contributed by atoms with Crippen LogP contribution < -0.4 is 5.32 Å². The van der Waals surface area contributed by atoms with Crippen molar-refractivity contribution in [2.45, 2.75) is 141 Å². The first kappa shape index (κ1) is 45.6. The van der Waals surface area contributed by atoms with Gasteiger partial charge in [0.2, 0.25) is 5.91 Å². The predicted octanol–water partition coefficient (Wildman–Crippen LogP) is 4.00. The third kappa shape index (κ3) is 8.01. The van der Waals surface area contributed by atoms with Gasteiger partial charge in [-0.05, 0) is 49.1 Å². The molecule has 1 heterocycles. The fourth-order valence-electron chi connectivity index (χ4n) is 10.1. The van der Waals surface area contributed by atoms with E-state index in [1.165, 1.54) is 26.0 Å². The van der Waals surface area contributed by atoms with Crippen molar-refractivity contribution in [3.05, 3.63) is 82.9 Å². The molecule has 1 amide bonds. The number of fused-ring (bicyclic) bond motifs is 5. The summed E-state index contributed by atoms with van der Waals surface area (Å²) in [5, 5.41) is 40.2. The maximum atomic E-state index is 15.5. The molecular formula is C46H57NO14. The van der Waals surface area contributed by atoms with Crippen LogP contribution >= 0.6 is 0 Å². The van der Waals surface area contributed by atoms with Gasteiger partial charge in [0.25, 0.3) is 0 Å². The minimum Gasteiger partial charge on any atom is -0.456 e. The number of nitrogens with one attached hydrogen (secondary N) is 1. The molecule has 330 valence electrons. The van der Waals surface area contributed by atoms with Gasteiger partial charge < -0.3 is 44.3 Å². The third-order valence-electron chi connectivity index (χ3n) is 13.5. The highest BCUT2D eigenvalue weighted by atomic mass is 16.6. The van der Waals surface area contributed by atoms with Crippen molar-refractivity contribution in [2.24, 2.45) is 16.7 Å². The summed E-state index contributed by atoms with van der Waals surface area (Å²) >= 11 is 0. The summed E-state index contributed by atoms with van der Waals surface area (Å²) in [4.78, 5) is 83.0. The number of aliphatic hydroxyl groups is 3. The highest BCUT2D eigenvalue weighted by molar-refractivity contribution is 5.95. The van der Waals surface area contributed by atoms with Gasteiger partial charge in [-0.25, -0.2) is 9.59 Å². The van der Waals surface area contributed by atoms with E-state index < -0.39 is 113 Å². The molecule has 4 N–H and O–H groups in total. The summed E-state index contributed by atoms with van der Waals surface area (Å²) in [5.41, 5.74) is -7.12. The first-order chi connectivity index (χ1) is 28.7. The van der Waals surface area contributed by atoms with E-state index >= 15 is 4.79 Å². The lowest BCUT2D eigenvalue weighted by Gasteiger charge is -2.67. The second-order valence-corrected chi connectivity index (χ2v) is 17.5. The fourth-order valence-corrected chi connectivity index (χ4v) is 10.1. The third-order valence-corrected chi connectivity index (χ3v) is 13.5. The Hall–Kier alpha value is -4.96. The number of ketones is 1. The summed E-state index contributed by atoms with van der Waals surface area (Å²) < 4.78 is 30.3. The van der Waals surface area contributed by atoms with E-state index in [0.717, 1.165) is 26.7 Å². The Morgan fingerprint density at radius 2 is 1.56 bits per heavy atom. The van der Waals surface area contributed by atoms with Crippen LogP contribution in [0, 0.1) is 16.7 Å². The molecule has 2 aromatic carbocycles. The molecule has 0 spiro atoms. The molecular weight excluding hydrogens is 790 g/mol. The molecule has 1 unspecified atom stereocenters. The van der Waals surface area contributed by atoms with Crippen LogP contribution in [0.5, 0.6) is 0 Å². The summed E-state index contributed by atoms with van der Waals surface area (Å²) in [5.74, 6) is -6.55. The van der Waals surface area contributed by atoms with Crippen LogP contribution in [0.3, 0.4) is 0 Å². The molecule has 2 bridgehead atoms. The molecule has 11 atom stereocenters. The molecule has 15 nitrogen and oxygen atoms in total. The smallest absolute Gasteiger partial charge is 0.338 e. The van der Waals surface area contributed by atoms with Gasteiger partial charge in [-0.3, -0.25) is 19.2 Å². The zero-order chi connectivity index (χ0) is 44.7. The van der Waals surface area contributed by atoms with Gasteiger partial charge in [-0.15, -0.1) is 0 Å². The average molecular weight is 848 g/mol. The van der Waals surface area contributed by atoms with Crippen LogP contribution in [0.4, 0.5) is 0 Å². The van der Waals surface area contributed by atoms with Crippen LogP contribution in [0.25, 0.3) is 0 Å². The van der Waals surface area contributed by atoms with Gasteiger partial charge in [-0.1, -0.05) is 82.1 Å². The number of benzene rings is 2. The Balaban J connectivity index is 1.52. The largest absolute Gasteiger partial charge is 0.456 e. The van der Waals surface area contributed by atoms with E-state index in [4.69, 9.17) is 23.7 Å². The van der Waals surface area contributed by atoms with Crippen molar-refractivity contribution in [1.82, 2.24) is 5.32 Å². The molecule has 2 saturated carbocycles. The summed E-state index contributed by atoms with van der Waals surface area (Å²) in [7, 11) is 0. The number of unbranched alkanes of at least 4 members (excludes halogenated alkanes) is 2. The second-order valence-electron chi connectivity index (χ2n) is 17.5. The Labute approximate surface area is 355 Å². The van der Waals surface area contributed by atoms with Gasteiger partial charge >= 0.3 is 23.9 Å². The number of aliphatic hydroxyl groups excluding tert-OH is 2. The molecule has 3 aliphatic carbocycles. The number of carbonyl (C=O) groups is 6. The number of esters is 4. The number of amides is 1. The summed E-state index contributed by atoms with van der Waals surface area (Å²) in [6, 6.07) is 15.0. The van der Waals surface area contributed by atoms with Crippen molar-refractivity contribution in [1.29, 1.82) is 0 Å². The molecule has 0 radical (unpaired) electrons. The fraction of sp³-hybridized carbons (Fsp3) is 0.565. The van der Waals surface area contributed by atoms with Crippen molar-refractivity contribution in [2.75, 3.05) is 6.61 Å². The van der Waals surface area contributed by atoms with Crippen LogP contribution in [0.15, 0.2) is 71.8 Å². The van der Waals surface area contributed by atoms with E-state index in [9.17, 15) is 39.3 Å². The molecule has 4 aliphatic rings. The second kappa shape index (κ2) is 17.4. The highest BCUT2D eigenvalue weighted by Crippen LogP contribution is 2.64. The highest BCUT2D eigenvalue weighted by Gasteiger charge is 2.78. The standard InChI is InChI=1S/C46H57NO14/c1-8-9-12-21-33(51)47-35(28-17-13-10-14-18-28)36(52)42(55)59-30-23-46(56)40(60-41(54)29-19-15-11-16-20-29)38-44(7,31(50)22-32-45(38,24-57-32)61-27(4)49)39(53)37(58-26(3)48)34(25(30)2)43(46,5)6/h10-11,13-20,30-32,35-38,40,50,52,56H,8-9,12,21-24H2,1-7H3,(H,47,51)/t30-,31-,32+,35-,36+,37+,38?,40-,44+,45-,46-/m0/s1. The van der Waals surface area contributed by atoms with Crippen LogP contribution in [-0.4, -0.2) is 105 Å². The van der Waals surface area contributed by atoms with Gasteiger partial charge in [0.1, 0.15) is 23.9 Å². The average Bonchev–Trinajstić information content (AvgIpc) is 3.21. The van der Waals surface area contributed by atoms with E-state index in [-0.39, 0.29) is 36.2 Å². The Kier molecular flexibility index (Phi) is 13.0. The quantitative estimate of drug-likeness (QED) is 0.0969. The van der Waals surface area contributed by atoms with Crippen molar-refractivity contribution < 1.29 is 67.8 Å². The normalized spacial score (nSPS) is 32.3. The molecule has 1 aliphatic heterocycles. The van der Waals surface area contributed by atoms with Crippen molar-refractivity contribution >= 4 is 35.6 Å². The van der Waals surface area contributed by atoms with E-state index in [0.29, 0.717) is 12.0 Å². The summed E-state index contributed by atoms with van der Waals surface area (Å²) in [6.45, 7) is 10.0. The lowest BCUT2D eigenvalue weighted by molar-refractivity contribution is -0.346. The first-order valence-corrected chi connectivity index (χ1v) is 20.9. The zero-order valence-electron chi connectivity index (χ0n) is 35.7. The van der Waals surface area contributed by atoms with Gasteiger partial charge in [0.15, 0.2) is 23.6 Å². The maximum absolute atomic E-state index is 15.5. The molecule has 2 aromatic rings. The number of ether oxygens (including phenoxy) is 5. The SMILES string of the molecule is CCCCCC(=O)N[C@@H](c1ccccc1)[C@@H](O)C(=O)O[C@H]1C[C@]2(O)[C@@H](OC(=O)c3ccccc3)C3[C@](C)(C(=O)[C@H](OC(C)=O)C(=C1C)C2(C)C)[C@@H](O)C[C@H]1OC[C@@]31OC(C)=O. The van der Waals surface area contributed by atoms with Crippen LogP contribution in [0.1, 0.15) is 109 Å². The van der Waals surface area contributed by atoms with Crippen LogP contribution in [-0.2, 0) is 47.7 Å². The van der Waals surface area contributed by atoms with Crippen LogP contribution in [0.2, 0.25) is 0 Å². The summed E-state index contributed by atoms with van der Waals surface area (Å²) in [6.07, 6.45) is -7.92. The lowest BCUT2D eigenvalue weighted by atomic mass is 9.44. The Morgan fingerprint density at radius 3 is 2.13 bits per heavy atom. The van der Waals surface area contributed by atoms with Gasteiger partial charge in [0.05, 0.1) is 35.6 Å². The number of hydrogen-bond acceptors (Lipinski definition) is 14. The van der Waals surface area contributed by atoms with E-state index in [2.05, 4.69) is 5.32 Å². The number of rotatable bonds is 13. The van der Waals surface area contributed by atoms with Gasteiger partial charge in [-0.2, -0.15) is 0 Å². The topological polar surface area (TPSA) is 221 Å². The van der Waals surface area contributed by atoms with Crippen molar-refractivity contribution in [3.8, 4) is 0 Å². The Bertz CT molecular complexity index is 2050. The van der Waals surface area contributed by atoms with Gasteiger partial charge in [0, 0.05) is 38.5 Å². The molecule has 0 aromatic heterocycles. The lowest BCUT2D eigenvalue weighted by Crippen LogP contribution is -2.82. The molecule has 1 saturated heterocycles. The maximum Gasteiger partial charge on any atom is 0.338 e. The number of carbonyl (C=O) groups excluding carboxylic acids is 6. The van der Waals surface area contributed by atoms with Crippen molar-refractivity contribution in [3.63, 3.8) is 0 Å². The minimum absolute atomic E-state index is 0.0127. The minimum atomic E-state index is -2.37. The predicted molar refractivity (Wildman–Crippen MR) is 216 cm³/mol. The van der Waals surface area contributed by atoms with E-state index in [1.807, 2.05) is 6.92 Å². The molecule has 15 heteroatoms.